The second-order valence-corrected chi connectivity index (χ2v) is 6.85. The van der Waals surface area contributed by atoms with E-state index in [4.69, 9.17) is 4.74 Å². The maximum absolute atomic E-state index is 12.4. The average molecular weight is 396 g/mol. The Morgan fingerprint density at radius 2 is 2.11 bits per heavy atom. The Labute approximate surface area is 162 Å². The zero-order valence-electron chi connectivity index (χ0n) is 14.2. The number of rotatable bonds is 5. The number of ether oxygens (including phenoxy) is 1. The van der Waals surface area contributed by atoms with Gasteiger partial charge in [0.1, 0.15) is 24.0 Å². The summed E-state index contributed by atoms with van der Waals surface area (Å²) in [6, 6.07) is 7.40. The lowest BCUT2D eigenvalue weighted by Gasteiger charge is -2.37. The molecule has 3 heterocycles. The molecule has 1 saturated heterocycles. The van der Waals surface area contributed by atoms with Crippen LogP contribution in [-0.4, -0.2) is 37.0 Å². The predicted molar refractivity (Wildman–Crippen MR) is 99.2 cm³/mol. The van der Waals surface area contributed by atoms with Crippen LogP contribution < -0.4 is 0 Å². The van der Waals surface area contributed by atoms with E-state index in [0.29, 0.717) is 16.8 Å². The lowest BCUT2D eigenvalue weighted by Crippen LogP contribution is -2.51. The first-order chi connectivity index (χ1) is 13.5. The number of non-ortho nitro benzene ring substituents is 1. The lowest BCUT2D eigenvalue weighted by atomic mass is 10.0. The summed E-state index contributed by atoms with van der Waals surface area (Å²) in [6.45, 7) is -0.0465. The summed E-state index contributed by atoms with van der Waals surface area (Å²) in [4.78, 5) is 44.2. The van der Waals surface area contributed by atoms with Crippen molar-refractivity contribution < 1.29 is 19.2 Å². The standard InChI is InChI=1S/C18H12N4O5S/c23-16-14(7-12-5-6-19-10-20-12)17-21(16)15(9-28-17)18(24)27-8-11-1-3-13(4-2-11)22(25)26/h1-7,9-10,17H,8H2/t17-/m1/s1. The number of hydrogen-bond acceptors (Lipinski definition) is 8. The SMILES string of the molecule is O=C(OCc1ccc([N+](=O)[O-])cc1)C1=CS[C@@H]2C(=Cc3ccncn3)C(=O)N12. The van der Waals surface area contributed by atoms with E-state index in [2.05, 4.69) is 9.97 Å². The van der Waals surface area contributed by atoms with Crippen LogP contribution in [0, 0.1) is 10.1 Å². The zero-order valence-corrected chi connectivity index (χ0v) is 15.0. The van der Waals surface area contributed by atoms with Crippen molar-refractivity contribution in [2.45, 2.75) is 12.0 Å². The molecule has 4 rings (SSSR count). The van der Waals surface area contributed by atoms with Gasteiger partial charge in [-0.2, -0.15) is 0 Å². The Balaban J connectivity index is 1.38. The van der Waals surface area contributed by atoms with Gasteiger partial charge in [-0.05, 0) is 29.8 Å². The third-order valence-electron chi connectivity index (χ3n) is 4.17. The molecule has 10 heteroatoms. The van der Waals surface area contributed by atoms with E-state index >= 15 is 0 Å². The number of carbonyl (C=O) groups excluding carboxylic acids is 2. The van der Waals surface area contributed by atoms with Crippen LogP contribution in [0.4, 0.5) is 5.69 Å². The number of nitro benzene ring substituents is 1. The molecular weight excluding hydrogens is 384 g/mol. The van der Waals surface area contributed by atoms with Gasteiger partial charge in [-0.15, -0.1) is 11.8 Å². The first-order valence-corrected chi connectivity index (χ1v) is 9.06. The quantitative estimate of drug-likeness (QED) is 0.248. The number of nitro groups is 1. The van der Waals surface area contributed by atoms with E-state index in [0.717, 1.165) is 0 Å². The number of nitrogens with zero attached hydrogens (tertiary/aromatic N) is 4. The lowest BCUT2D eigenvalue weighted by molar-refractivity contribution is -0.384. The van der Waals surface area contributed by atoms with E-state index in [9.17, 15) is 19.7 Å². The van der Waals surface area contributed by atoms with E-state index < -0.39 is 10.9 Å². The summed E-state index contributed by atoms with van der Waals surface area (Å²) in [7, 11) is 0. The van der Waals surface area contributed by atoms with Gasteiger partial charge in [0.2, 0.25) is 0 Å². The fourth-order valence-corrected chi connectivity index (χ4v) is 3.86. The number of amides is 1. The molecule has 28 heavy (non-hydrogen) atoms. The molecule has 0 spiro atoms. The third kappa shape index (κ3) is 3.25. The molecule has 9 nitrogen and oxygen atoms in total. The molecule has 1 amide bonds. The zero-order chi connectivity index (χ0) is 19.7. The maximum atomic E-state index is 12.4. The summed E-state index contributed by atoms with van der Waals surface area (Å²) in [5.41, 5.74) is 1.93. The molecule has 1 aromatic heterocycles. The van der Waals surface area contributed by atoms with Gasteiger partial charge in [0, 0.05) is 23.7 Å². The van der Waals surface area contributed by atoms with Crippen LogP contribution in [0.25, 0.3) is 6.08 Å². The smallest absolute Gasteiger partial charge is 0.355 e. The molecule has 0 N–H and O–H groups in total. The number of thioether (sulfide) groups is 1. The minimum atomic E-state index is -0.622. The normalized spacial score (nSPS) is 19.1. The molecule has 2 aliphatic rings. The minimum Gasteiger partial charge on any atom is -0.456 e. The molecule has 2 aliphatic heterocycles. The van der Waals surface area contributed by atoms with E-state index in [1.807, 2.05) is 0 Å². The van der Waals surface area contributed by atoms with Gasteiger partial charge in [0.05, 0.1) is 16.2 Å². The van der Waals surface area contributed by atoms with Gasteiger partial charge in [0.15, 0.2) is 0 Å². The second kappa shape index (κ2) is 7.24. The average Bonchev–Trinajstić information content (AvgIpc) is 3.12. The number of benzene rings is 1. The number of esters is 1. The van der Waals surface area contributed by atoms with Crippen molar-refractivity contribution in [1.29, 1.82) is 0 Å². The fourth-order valence-electron chi connectivity index (χ4n) is 2.74. The summed E-state index contributed by atoms with van der Waals surface area (Å²) in [5, 5.41) is 12.0. The van der Waals surface area contributed by atoms with Crippen LogP contribution in [0.1, 0.15) is 11.3 Å². The first kappa shape index (κ1) is 17.9. The summed E-state index contributed by atoms with van der Waals surface area (Å²) in [6.07, 6.45) is 4.66. The number of aromatic nitrogens is 2. The van der Waals surface area contributed by atoms with Crippen LogP contribution in [0.5, 0.6) is 0 Å². The van der Waals surface area contributed by atoms with Crippen LogP contribution in [0.15, 0.2) is 59.5 Å². The van der Waals surface area contributed by atoms with E-state index in [1.54, 1.807) is 23.7 Å². The Kier molecular flexibility index (Phi) is 4.62. The number of hydrogen-bond donors (Lipinski definition) is 0. The van der Waals surface area contributed by atoms with Crippen molar-refractivity contribution in [3.05, 3.63) is 80.9 Å². The van der Waals surface area contributed by atoms with Crippen molar-refractivity contribution in [1.82, 2.24) is 14.9 Å². The van der Waals surface area contributed by atoms with Gasteiger partial charge in [-0.3, -0.25) is 19.8 Å². The van der Waals surface area contributed by atoms with Crippen LogP contribution in [-0.2, 0) is 20.9 Å². The van der Waals surface area contributed by atoms with Gasteiger partial charge in [-0.25, -0.2) is 14.8 Å². The summed E-state index contributed by atoms with van der Waals surface area (Å²) < 4.78 is 5.24. The molecular formula is C18H12N4O5S. The topological polar surface area (TPSA) is 116 Å². The Hall–Kier alpha value is -3.53. The number of β-lactam (4-membered cyclic amide) rings is 1. The molecule has 1 atom stereocenters. The molecule has 1 fully saturated rings. The monoisotopic (exact) mass is 396 g/mol. The molecule has 140 valence electrons. The van der Waals surface area contributed by atoms with Crippen LogP contribution in [0.3, 0.4) is 0 Å². The van der Waals surface area contributed by atoms with Gasteiger partial charge < -0.3 is 4.74 Å². The highest BCUT2D eigenvalue weighted by molar-refractivity contribution is 8.03. The van der Waals surface area contributed by atoms with Crippen molar-refractivity contribution in [2.75, 3.05) is 0 Å². The molecule has 0 radical (unpaired) electrons. The van der Waals surface area contributed by atoms with Crippen molar-refractivity contribution >= 4 is 35.4 Å². The Morgan fingerprint density at radius 3 is 2.79 bits per heavy atom. The summed E-state index contributed by atoms with van der Waals surface area (Å²) >= 11 is 1.34. The van der Waals surface area contributed by atoms with Crippen LogP contribution in [0.2, 0.25) is 0 Å². The largest absolute Gasteiger partial charge is 0.456 e. The number of carbonyl (C=O) groups is 2. The molecule has 0 unspecified atom stereocenters. The fraction of sp³-hybridized carbons (Fsp3) is 0.111. The Bertz CT molecular complexity index is 1020. The molecule has 0 saturated carbocycles. The highest BCUT2D eigenvalue weighted by atomic mass is 32.2. The van der Waals surface area contributed by atoms with Crippen molar-refractivity contribution in [3.63, 3.8) is 0 Å². The maximum Gasteiger partial charge on any atom is 0.355 e. The summed E-state index contributed by atoms with van der Waals surface area (Å²) in [5.74, 6) is -0.894. The first-order valence-electron chi connectivity index (χ1n) is 8.12. The van der Waals surface area contributed by atoms with E-state index in [-0.39, 0.29) is 29.3 Å². The third-order valence-corrected chi connectivity index (χ3v) is 5.25. The molecule has 0 aliphatic carbocycles. The van der Waals surface area contributed by atoms with Gasteiger partial charge in [-0.1, -0.05) is 0 Å². The molecule has 0 bridgehead atoms. The van der Waals surface area contributed by atoms with Crippen LogP contribution >= 0.6 is 11.8 Å². The highest BCUT2D eigenvalue weighted by Crippen LogP contribution is 2.45. The second-order valence-electron chi connectivity index (χ2n) is 5.90. The molecule has 2 aromatic rings. The molecule has 1 aromatic carbocycles. The predicted octanol–water partition coefficient (Wildman–Crippen LogP) is 2.27. The number of fused-ring (bicyclic) bond motifs is 1. The van der Waals surface area contributed by atoms with Gasteiger partial charge >= 0.3 is 5.97 Å². The highest BCUT2D eigenvalue weighted by Gasteiger charge is 2.49. The van der Waals surface area contributed by atoms with Crippen molar-refractivity contribution in [3.8, 4) is 0 Å². The Morgan fingerprint density at radius 1 is 1.32 bits per heavy atom. The van der Waals surface area contributed by atoms with Gasteiger partial charge in [0.25, 0.3) is 11.6 Å². The van der Waals surface area contributed by atoms with E-state index in [1.165, 1.54) is 47.3 Å². The van der Waals surface area contributed by atoms with Crippen molar-refractivity contribution in [2.24, 2.45) is 0 Å². The minimum absolute atomic E-state index is 0.0398.